The summed E-state index contributed by atoms with van der Waals surface area (Å²) in [5, 5.41) is 2.79. The maximum atomic E-state index is 11.3. The Hall–Kier alpha value is -1.84. The van der Waals surface area contributed by atoms with Crippen LogP contribution in [0.2, 0.25) is 0 Å². The van der Waals surface area contributed by atoms with Gasteiger partial charge in [-0.1, -0.05) is 0 Å². The van der Waals surface area contributed by atoms with Crippen molar-refractivity contribution in [2.24, 2.45) is 0 Å². The minimum atomic E-state index is 0.0464. The van der Waals surface area contributed by atoms with E-state index in [1.165, 1.54) is 0 Å². The molecule has 0 aliphatic carbocycles. The maximum Gasteiger partial charge on any atom is 0.239 e. The predicted molar refractivity (Wildman–Crippen MR) is 61.8 cm³/mol. The van der Waals surface area contributed by atoms with Crippen LogP contribution in [0.4, 0.5) is 5.69 Å². The zero-order chi connectivity index (χ0) is 11.5. The molecule has 1 N–H and O–H groups in total. The lowest BCUT2D eigenvalue weighted by Gasteiger charge is -2.29. The molecule has 0 spiro atoms. The highest BCUT2D eigenvalue weighted by atomic mass is 16.2. The average molecular weight is 218 g/mol. The van der Waals surface area contributed by atoms with Gasteiger partial charge in [-0.3, -0.25) is 9.59 Å². The van der Waals surface area contributed by atoms with Crippen molar-refractivity contribution in [2.45, 2.75) is 6.92 Å². The van der Waals surface area contributed by atoms with Crippen molar-refractivity contribution < 1.29 is 9.59 Å². The number of carbonyl (C=O) groups is 2. The van der Waals surface area contributed by atoms with Crippen LogP contribution in [0.3, 0.4) is 0 Å². The zero-order valence-corrected chi connectivity index (χ0v) is 9.19. The summed E-state index contributed by atoms with van der Waals surface area (Å²) in [7, 11) is 0. The zero-order valence-electron chi connectivity index (χ0n) is 9.19. The van der Waals surface area contributed by atoms with E-state index in [0.29, 0.717) is 18.7 Å². The van der Waals surface area contributed by atoms with Crippen LogP contribution in [0.25, 0.3) is 0 Å². The summed E-state index contributed by atoms with van der Waals surface area (Å²) in [5.74, 6) is 0.0464. The highest BCUT2D eigenvalue weighted by Gasteiger charge is 2.17. The predicted octanol–water partition coefficient (Wildman–Crippen LogP) is 0.744. The number of benzene rings is 1. The van der Waals surface area contributed by atoms with Gasteiger partial charge in [0.05, 0.1) is 6.54 Å². The number of carbonyl (C=O) groups excluding carboxylic acids is 2. The van der Waals surface area contributed by atoms with E-state index in [4.69, 9.17) is 0 Å². The van der Waals surface area contributed by atoms with Crippen molar-refractivity contribution in [3.8, 4) is 0 Å². The number of rotatable bonds is 2. The molecule has 1 saturated heterocycles. The van der Waals surface area contributed by atoms with Gasteiger partial charge in [0.25, 0.3) is 0 Å². The van der Waals surface area contributed by atoms with Crippen LogP contribution in [0.5, 0.6) is 0 Å². The number of aldehydes is 1. The number of nitrogens with one attached hydrogen (secondary N) is 1. The summed E-state index contributed by atoms with van der Waals surface area (Å²) >= 11 is 0. The second-order valence-corrected chi connectivity index (χ2v) is 3.94. The molecule has 0 bridgehead atoms. The largest absolute Gasteiger partial charge is 0.360 e. The van der Waals surface area contributed by atoms with Crippen LogP contribution in [0, 0.1) is 6.92 Å². The van der Waals surface area contributed by atoms with Gasteiger partial charge in [0.2, 0.25) is 5.91 Å². The number of hydrogen-bond donors (Lipinski definition) is 1. The molecule has 1 heterocycles. The number of amides is 1. The summed E-state index contributed by atoms with van der Waals surface area (Å²) in [4.78, 5) is 23.9. The molecule has 4 heteroatoms. The normalized spacial score (nSPS) is 15.8. The summed E-state index contributed by atoms with van der Waals surface area (Å²) in [6.45, 7) is 3.83. The number of anilines is 1. The Balaban J connectivity index is 2.26. The van der Waals surface area contributed by atoms with Gasteiger partial charge in [-0.05, 0) is 30.7 Å². The molecule has 1 aromatic carbocycles. The molecule has 4 nitrogen and oxygen atoms in total. The van der Waals surface area contributed by atoms with Crippen molar-refractivity contribution in [2.75, 3.05) is 24.5 Å². The first-order valence-electron chi connectivity index (χ1n) is 5.28. The Morgan fingerprint density at radius 1 is 1.44 bits per heavy atom. The molecule has 0 aromatic heterocycles. The second kappa shape index (κ2) is 4.35. The van der Waals surface area contributed by atoms with Gasteiger partial charge in [-0.15, -0.1) is 0 Å². The maximum absolute atomic E-state index is 11.3. The lowest BCUT2D eigenvalue weighted by Crippen LogP contribution is -2.47. The molecule has 0 unspecified atom stereocenters. The molecular formula is C12H14N2O2. The molecule has 16 heavy (non-hydrogen) atoms. The molecule has 0 atom stereocenters. The lowest BCUT2D eigenvalue weighted by molar-refractivity contribution is -0.120. The third kappa shape index (κ3) is 2.05. The van der Waals surface area contributed by atoms with Crippen molar-refractivity contribution in [1.29, 1.82) is 0 Å². The fraction of sp³-hybridized carbons (Fsp3) is 0.333. The SMILES string of the molecule is Cc1cc(C=O)ccc1N1CCNC(=O)C1. The quantitative estimate of drug-likeness (QED) is 0.745. The first kappa shape index (κ1) is 10.7. The number of nitrogens with zero attached hydrogens (tertiary/aromatic N) is 1. The van der Waals surface area contributed by atoms with Gasteiger partial charge in [-0.2, -0.15) is 0 Å². The topological polar surface area (TPSA) is 49.4 Å². The summed E-state index contributed by atoms with van der Waals surface area (Å²) < 4.78 is 0. The molecule has 1 fully saturated rings. The minimum absolute atomic E-state index is 0.0464. The van der Waals surface area contributed by atoms with Crippen LogP contribution in [-0.2, 0) is 4.79 Å². The second-order valence-electron chi connectivity index (χ2n) is 3.94. The molecule has 0 saturated carbocycles. The van der Waals surface area contributed by atoms with Gasteiger partial charge in [0.1, 0.15) is 6.29 Å². The van der Waals surface area contributed by atoms with E-state index in [0.717, 1.165) is 24.1 Å². The third-order valence-corrected chi connectivity index (χ3v) is 2.74. The molecule has 1 aliphatic rings. The number of piperazine rings is 1. The van der Waals surface area contributed by atoms with Crippen molar-refractivity contribution in [3.63, 3.8) is 0 Å². The van der Waals surface area contributed by atoms with E-state index in [2.05, 4.69) is 5.32 Å². The van der Waals surface area contributed by atoms with Crippen LogP contribution in [-0.4, -0.2) is 31.8 Å². The van der Waals surface area contributed by atoms with Crippen molar-refractivity contribution in [1.82, 2.24) is 5.32 Å². The summed E-state index contributed by atoms with van der Waals surface area (Å²) in [5.41, 5.74) is 2.72. The van der Waals surface area contributed by atoms with E-state index in [1.54, 1.807) is 6.07 Å². The molecule has 84 valence electrons. The van der Waals surface area contributed by atoms with Crippen molar-refractivity contribution in [3.05, 3.63) is 29.3 Å². The Morgan fingerprint density at radius 3 is 2.88 bits per heavy atom. The highest BCUT2D eigenvalue weighted by molar-refractivity contribution is 5.83. The van der Waals surface area contributed by atoms with Gasteiger partial charge in [0, 0.05) is 24.3 Å². The van der Waals surface area contributed by atoms with Crippen LogP contribution in [0.1, 0.15) is 15.9 Å². The third-order valence-electron chi connectivity index (χ3n) is 2.74. The van der Waals surface area contributed by atoms with Gasteiger partial charge < -0.3 is 10.2 Å². The van der Waals surface area contributed by atoms with Gasteiger partial charge in [0.15, 0.2) is 0 Å². The Kier molecular flexibility index (Phi) is 2.90. The molecule has 2 rings (SSSR count). The van der Waals surface area contributed by atoms with Crippen LogP contribution in [0.15, 0.2) is 18.2 Å². The Morgan fingerprint density at radius 2 is 2.25 bits per heavy atom. The lowest BCUT2D eigenvalue weighted by atomic mass is 10.1. The van der Waals surface area contributed by atoms with Crippen LogP contribution < -0.4 is 10.2 Å². The number of aryl methyl sites for hydroxylation is 1. The van der Waals surface area contributed by atoms with E-state index >= 15 is 0 Å². The molecule has 1 aliphatic heterocycles. The summed E-state index contributed by atoms with van der Waals surface area (Å²) in [6.07, 6.45) is 0.833. The monoisotopic (exact) mass is 218 g/mol. The first-order valence-corrected chi connectivity index (χ1v) is 5.28. The van der Waals surface area contributed by atoms with E-state index in [1.807, 2.05) is 24.0 Å². The van der Waals surface area contributed by atoms with E-state index in [9.17, 15) is 9.59 Å². The van der Waals surface area contributed by atoms with Crippen LogP contribution >= 0.6 is 0 Å². The van der Waals surface area contributed by atoms with Gasteiger partial charge >= 0.3 is 0 Å². The molecular weight excluding hydrogens is 204 g/mol. The highest BCUT2D eigenvalue weighted by Crippen LogP contribution is 2.21. The van der Waals surface area contributed by atoms with Gasteiger partial charge in [-0.25, -0.2) is 0 Å². The fourth-order valence-corrected chi connectivity index (χ4v) is 1.95. The average Bonchev–Trinajstić information content (AvgIpc) is 2.28. The summed E-state index contributed by atoms with van der Waals surface area (Å²) in [6, 6.07) is 5.52. The standard InChI is InChI=1S/C12H14N2O2/c1-9-6-10(8-15)2-3-11(9)14-5-4-13-12(16)7-14/h2-3,6,8H,4-5,7H2,1H3,(H,13,16). The van der Waals surface area contributed by atoms with E-state index in [-0.39, 0.29) is 5.91 Å². The molecule has 0 radical (unpaired) electrons. The molecule has 1 aromatic rings. The Bertz CT molecular complexity index is 429. The number of hydrogen-bond acceptors (Lipinski definition) is 3. The smallest absolute Gasteiger partial charge is 0.239 e. The van der Waals surface area contributed by atoms with Crippen molar-refractivity contribution >= 4 is 17.9 Å². The fourth-order valence-electron chi connectivity index (χ4n) is 1.95. The first-order chi connectivity index (χ1) is 7.70. The molecule has 1 amide bonds. The minimum Gasteiger partial charge on any atom is -0.360 e. The van der Waals surface area contributed by atoms with E-state index < -0.39 is 0 Å². The Labute approximate surface area is 94.2 Å².